The van der Waals surface area contributed by atoms with Gasteiger partial charge in [0.15, 0.2) is 6.61 Å². The molecule has 4 amide bonds. The van der Waals surface area contributed by atoms with E-state index < -0.39 is 42.5 Å². The summed E-state index contributed by atoms with van der Waals surface area (Å²) < 4.78 is 4.80. The topological polar surface area (TPSA) is 105 Å². The molecule has 0 aromatic rings. The number of hydrogen-bond donors (Lipinski definition) is 2. The van der Waals surface area contributed by atoms with E-state index in [4.69, 9.17) is 4.74 Å². The third-order valence-corrected chi connectivity index (χ3v) is 3.45. The number of rotatable bonds is 7. The zero-order valence-electron chi connectivity index (χ0n) is 13.4. The predicted octanol–water partition coefficient (Wildman–Crippen LogP) is 0.165. The second-order valence-electron chi connectivity index (χ2n) is 5.69. The van der Waals surface area contributed by atoms with Gasteiger partial charge in [-0.3, -0.25) is 19.3 Å². The van der Waals surface area contributed by atoms with Crippen LogP contribution in [0.3, 0.4) is 0 Å². The van der Waals surface area contributed by atoms with Crippen LogP contribution in [0.1, 0.15) is 40.5 Å². The number of imide groups is 1. The summed E-state index contributed by atoms with van der Waals surface area (Å²) in [4.78, 5) is 47.5. The van der Waals surface area contributed by atoms with E-state index in [9.17, 15) is 19.2 Å². The number of nitrogens with zero attached hydrogens (tertiary/aromatic N) is 1. The minimum atomic E-state index is -1.04. The van der Waals surface area contributed by atoms with Gasteiger partial charge in [0.25, 0.3) is 11.8 Å². The Morgan fingerprint density at radius 2 is 1.86 bits per heavy atom. The Labute approximate surface area is 129 Å². The number of esters is 1. The molecule has 0 atom stereocenters. The fourth-order valence-electron chi connectivity index (χ4n) is 2.04. The number of carbonyl (C=O) groups is 4. The molecule has 0 unspecified atom stereocenters. The smallest absolute Gasteiger partial charge is 0.326 e. The lowest BCUT2D eigenvalue weighted by Crippen LogP contribution is -2.42. The second-order valence-corrected chi connectivity index (χ2v) is 5.69. The van der Waals surface area contributed by atoms with Crippen LogP contribution in [0.4, 0.5) is 4.79 Å². The summed E-state index contributed by atoms with van der Waals surface area (Å²) in [6.45, 7) is 6.04. The van der Waals surface area contributed by atoms with Crippen molar-refractivity contribution in [2.45, 2.75) is 52.1 Å². The second kappa shape index (κ2) is 7.24. The average Bonchev–Trinajstić information content (AvgIpc) is 2.64. The van der Waals surface area contributed by atoms with Gasteiger partial charge in [-0.1, -0.05) is 13.8 Å². The molecule has 8 heteroatoms. The average molecular weight is 313 g/mol. The molecule has 1 aliphatic rings. The molecule has 1 aliphatic heterocycles. The Morgan fingerprint density at radius 3 is 2.32 bits per heavy atom. The van der Waals surface area contributed by atoms with E-state index in [1.165, 1.54) is 0 Å². The molecule has 1 fully saturated rings. The van der Waals surface area contributed by atoms with Crippen LogP contribution >= 0.6 is 0 Å². The maximum atomic E-state index is 11.9. The maximum absolute atomic E-state index is 11.9. The Morgan fingerprint density at radius 1 is 1.27 bits per heavy atom. The first-order valence-corrected chi connectivity index (χ1v) is 7.30. The van der Waals surface area contributed by atoms with Gasteiger partial charge in [-0.2, -0.15) is 0 Å². The van der Waals surface area contributed by atoms with Crippen LogP contribution in [0.25, 0.3) is 0 Å². The number of carbonyl (C=O) groups excluding carboxylic acids is 4. The fraction of sp³-hybridized carbons (Fsp3) is 0.714. The van der Waals surface area contributed by atoms with Crippen LogP contribution in [-0.4, -0.2) is 53.4 Å². The standard InChI is InChI=1S/C14H23N3O5/c1-5-9(6-2)15-10(18)8-22-11(19)7-17-12(20)14(3,4)16-13(17)21/h9H,5-8H2,1-4H3,(H,15,18)(H,16,21). The van der Waals surface area contributed by atoms with Crippen molar-refractivity contribution in [1.29, 1.82) is 0 Å². The van der Waals surface area contributed by atoms with Crippen molar-refractivity contribution < 1.29 is 23.9 Å². The highest BCUT2D eigenvalue weighted by Gasteiger charge is 2.45. The molecule has 0 spiro atoms. The van der Waals surface area contributed by atoms with Crippen molar-refractivity contribution in [1.82, 2.24) is 15.5 Å². The number of amides is 4. The summed E-state index contributed by atoms with van der Waals surface area (Å²) >= 11 is 0. The molecule has 0 aliphatic carbocycles. The van der Waals surface area contributed by atoms with E-state index in [0.717, 1.165) is 17.7 Å². The van der Waals surface area contributed by atoms with Gasteiger partial charge in [0.1, 0.15) is 12.1 Å². The molecule has 1 heterocycles. The first kappa shape index (κ1) is 17.9. The highest BCUT2D eigenvalue weighted by atomic mass is 16.5. The van der Waals surface area contributed by atoms with Gasteiger partial charge < -0.3 is 15.4 Å². The highest BCUT2D eigenvalue weighted by Crippen LogP contribution is 2.16. The van der Waals surface area contributed by atoms with Crippen LogP contribution in [0.5, 0.6) is 0 Å². The molecule has 8 nitrogen and oxygen atoms in total. The molecule has 0 saturated carbocycles. The molecule has 0 aromatic carbocycles. The van der Waals surface area contributed by atoms with Gasteiger partial charge in [-0.05, 0) is 26.7 Å². The zero-order chi connectivity index (χ0) is 16.9. The van der Waals surface area contributed by atoms with Crippen molar-refractivity contribution in [3.05, 3.63) is 0 Å². The largest absolute Gasteiger partial charge is 0.454 e. The third-order valence-electron chi connectivity index (χ3n) is 3.45. The molecule has 2 N–H and O–H groups in total. The third kappa shape index (κ3) is 4.44. The van der Waals surface area contributed by atoms with E-state index in [1.54, 1.807) is 13.8 Å². The van der Waals surface area contributed by atoms with Crippen LogP contribution in [0, 0.1) is 0 Å². The van der Waals surface area contributed by atoms with Crippen molar-refractivity contribution in [3.8, 4) is 0 Å². The first-order chi connectivity index (χ1) is 10.2. The van der Waals surface area contributed by atoms with Gasteiger partial charge >= 0.3 is 12.0 Å². The first-order valence-electron chi connectivity index (χ1n) is 7.30. The number of ether oxygens (including phenoxy) is 1. The number of hydrogen-bond acceptors (Lipinski definition) is 5. The molecule has 124 valence electrons. The summed E-state index contributed by atoms with van der Waals surface area (Å²) in [6, 6.07) is -0.605. The van der Waals surface area contributed by atoms with Crippen molar-refractivity contribution in [2.24, 2.45) is 0 Å². The van der Waals surface area contributed by atoms with Gasteiger partial charge in [0.2, 0.25) is 0 Å². The molecular weight excluding hydrogens is 290 g/mol. The molecule has 1 rings (SSSR count). The normalized spacial score (nSPS) is 16.7. The van der Waals surface area contributed by atoms with E-state index in [-0.39, 0.29) is 6.04 Å². The summed E-state index contributed by atoms with van der Waals surface area (Å²) in [5.41, 5.74) is -1.04. The molecule has 1 saturated heterocycles. The monoisotopic (exact) mass is 313 g/mol. The van der Waals surface area contributed by atoms with Crippen molar-refractivity contribution >= 4 is 23.8 Å². The van der Waals surface area contributed by atoms with Crippen molar-refractivity contribution in [3.63, 3.8) is 0 Å². The SMILES string of the molecule is CCC(CC)NC(=O)COC(=O)CN1C(=O)NC(C)(C)C1=O. The van der Waals surface area contributed by atoms with Crippen LogP contribution in [0.2, 0.25) is 0 Å². The Hall–Kier alpha value is -2.12. The summed E-state index contributed by atoms with van der Waals surface area (Å²) in [5.74, 6) is -1.71. The summed E-state index contributed by atoms with van der Waals surface area (Å²) in [7, 11) is 0. The highest BCUT2D eigenvalue weighted by molar-refractivity contribution is 6.08. The van der Waals surface area contributed by atoms with E-state index in [1.807, 2.05) is 13.8 Å². The van der Waals surface area contributed by atoms with Gasteiger partial charge in [0, 0.05) is 6.04 Å². The Kier molecular flexibility index (Phi) is 5.90. The van der Waals surface area contributed by atoms with Crippen LogP contribution in [-0.2, 0) is 19.1 Å². The minimum absolute atomic E-state index is 0.0398. The lowest BCUT2D eigenvalue weighted by atomic mass is 10.1. The van der Waals surface area contributed by atoms with Crippen LogP contribution in [0.15, 0.2) is 0 Å². The molecule has 0 aromatic heterocycles. The quantitative estimate of drug-likeness (QED) is 0.515. The fourth-order valence-corrected chi connectivity index (χ4v) is 2.04. The minimum Gasteiger partial charge on any atom is -0.454 e. The van der Waals surface area contributed by atoms with Crippen LogP contribution < -0.4 is 10.6 Å². The lowest BCUT2D eigenvalue weighted by Gasteiger charge is -2.16. The van der Waals surface area contributed by atoms with E-state index >= 15 is 0 Å². The molecule has 0 bridgehead atoms. The summed E-state index contributed by atoms with van der Waals surface area (Å²) in [5, 5.41) is 5.17. The summed E-state index contributed by atoms with van der Waals surface area (Å²) in [6.07, 6.45) is 1.57. The van der Waals surface area contributed by atoms with Crippen molar-refractivity contribution in [2.75, 3.05) is 13.2 Å². The number of nitrogens with one attached hydrogen (secondary N) is 2. The molecule has 0 radical (unpaired) electrons. The van der Waals surface area contributed by atoms with E-state index in [2.05, 4.69) is 10.6 Å². The van der Waals surface area contributed by atoms with E-state index in [0.29, 0.717) is 0 Å². The number of urea groups is 1. The maximum Gasteiger partial charge on any atom is 0.326 e. The molecule has 22 heavy (non-hydrogen) atoms. The lowest BCUT2D eigenvalue weighted by molar-refractivity contribution is -0.151. The van der Waals surface area contributed by atoms with Gasteiger partial charge in [-0.25, -0.2) is 4.79 Å². The Bertz CT molecular complexity index is 471. The Balaban J connectivity index is 2.43. The van der Waals surface area contributed by atoms with Gasteiger partial charge in [0.05, 0.1) is 0 Å². The zero-order valence-corrected chi connectivity index (χ0v) is 13.4. The van der Waals surface area contributed by atoms with Gasteiger partial charge in [-0.15, -0.1) is 0 Å². The molecular formula is C14H23N3O5. The predicted molar refractivity (Wildman–Crippen MR) is 77.8 cm³/mol.